The summed E-state index contributed by atoms with van der Waals surface area (Å²) in [6.07, 6.45) is 1.57. The molecule has 1 fully saturated rings. The first kappa shape index (κ1) is 12.8. The number of benzene rings is 1. The lowest BCUT2D eigenvalue weighted by molar-refractivity contribution is -0.139. The first-order chi connectivity index (χ1) is 8.49. The highest BCUT2D eigenvalue weighted by atomic mass is 35.5. The van der Waals surface area contributed by atoms with Crippen molar-refractivity contribution >= 4 is 23.5 Å². The molecule has 1 atom stereocenters. The van der Waals surface area contributed by atoms with Crippen molar-refractivity contribution in [2.24, 2.45) is 5.92 Å². The zero-order valence-corrected chi connectivity index (χ0v) is 10.1. The standard InChI is InChI=1S/C12H11ClFNO3/c13-9-5-7(14)3-4-8(9)11(16)15-10(12(17)18)6-1-2-6/h3-6,10H,1-2H2,(H,15,16)(H,17,18). The maximum absolute atomic E-state index is 12.8. The largest absolute Gasteiger partial charge is 0.480 e. The Morgan fingerprint density at radius 3 is 2.61 bits per heavy atom. The number of carbonyl (C=O) groups is 2. The van der Waals surface area contributed by atoms with Crippen LogP contribution in [0.15, 0.2) is 18.2 Å². The minimum absolute atomic E-state index is 0.0225. The van der Waals surface area contributed by atoms with Crippen LogP contribution in [0.5, 0.6) is 0 Å². The van der Waals surface area contributed by atoms with Gasteiger partial charge in [0.1, 0.15) is 11.9 Å². The molecule has 0 heterocycles. The van der Waals surface area contributed by atoms with Gasteiger partial charge in [-0.05, 0) is 37.0 Å². The molecule has 2 N–H and O–H groups in total. The zero-order chi connectivity index (χ0) is 13.3. The fourth-order valence-corrected chi connectivity index (χ4v) is 1.96. The maximum Gasteiger partial charge on any atom is 0.326 e. The van der Waals surface area contributed by atoms with Crippen molar-refractivity contribution in [1.82, 2.24) is 5.32 Å². The summed E-state index contributed by atoms with van der Waals surface area (Å²) in [6.45, 7) is 0. The van der Waals surface area contributed by atoms with E-state index in [4.69, 9.17) is 16.7 Å². The molecular formula is C12H11ClFNO3. The van der Waals surface area contributed by atoms with Gasteiger partial charge in [-0.3, -0.25) is 4.79 Å². The smallest absolute Gasteiger partial charge is 0.326 e. The van der Waals surface area contributed by atoms with Crippen molar-refractivity contribution in [2.75, 3.05) is 0 Å². The van der Waals surface area contributed by atoms with Crippen LogP contribution in [-0.4, -0.2) is 23.0 Å². The predicted octanol–water partition coefficient (Wildman–Crippen LogP) is 2.07. The molecule has 0 bridgehead atoms. The summed E-state index contributed by atoms with van der Waals surface area (Å²) >= 11 is 5.73. The summed E-state index contributed by atoms with van der Waals surface area (Å²) in [5.41, 5.74) is 0.0740. The molecule has 1 aromatic carbocycles. The number of aliphatic carboxylic acids is 1. The number of carboxylic acid groups (broad SMARTS) is 1. The van der Waals surface area contributed by atoms with Crippen LogP contribution in [-0.2, 0) is 4.79 Å². The molecule has 6 heteroatoms. The van der Waals surface area contributed by atoms with Crippen LogP contribution >= 0.6 is 11.6 Å². The Hall–Kier alpha value is -1.62. The fourth-order valence-electron chi connectivity index (χ4n) is 1.70. The molecule has 0 saturated heterocycles. The quantitative estimate of drug-likeness (QED) is 0.881. The minimum atomic E-state index is -1.07. The highest BCUT2D eigenvalue weighted by Crippen LogP contribution is 2.33. The third-order valence-electron chi connectivity index (χ3n) is 2.82. The molecule has 2 rings (SSSR count). The van der Waals surface area contributed by atoms with Crippen LogP contribution < -0.4 is 5.32 Å². The highest BCUT2D eigenvalue weighted by Gasteiger charge is 2.37. The van der Waals surface area contributed by atoms with E-state index in [2.05, 4.69) is 5.32 Å². The van der Waals surface area contributed by atoms with E-state index in [0.29, 0.717) is 0 Å². The summed E-state index contributed by atoms with van der Waals surface area (Å²) in [5, 5.41) is 11.4. The Bertz CT molecular complexity index is 502. The second-order valence-corrected chi connectivity index (χ2v) is 4.66. The van der Waals surface area contributed by atoms with Crippen molar-refractivity contribution in [3.63, 3.8) is 0 Å². The molecular weight excluding hydrogens is 261 g/mol. The second kappa shape index (κ2) is 4.94. The molecule has 1 aromatic rings. The van der Waals surface area contributed by atoms with Crippen LogP contribution in [0.1, 0.15) is 23.2 Å². The van der Waals surface area contributed by atoms with Gasteiger partial charge >= 0.3 is 5.97 Å². The van der Waals surface area contributed by atoms with Gasteiger partial charge in [0, 0.05) is 0 Å². The van der Waals surface area contributed by atoms with Crippen molar-refractivity contribution in [1.29, 1.82) is 0 Å². The van der Waals surface area contributed by atoms with Gasteiger partial charge < -0.3 is 10.4 Å². The number of hydrogen-bond acceptors (Lipinski definition) is 2. The monoisotopic (exact) mass is 271 g/mol. The summed E-state index contributed by atoms with van der Waals surface area (Å²) in [6, 6.07) is 2.45. The first-order valence-electron chi connectivity index (χ1n) is 5.48. The summed E-state index contributed by atoms with van der Waals surface area (Å²) < 4.78 is 12.8. The molecule has 1 unspecified atom stereocenters. The fraction of sp³-hybridized carbons (Fsp3) is 0.333. The number of carboxylic acids is 1. The van der Waals surface area contributed by atoms with E-state index < -0.39 is 23.7 Å². The topological polar surface area (TPSA) is 66.4 Å². The van der Waals surface area contributed by atoms with Gasteiger partial charge in [0.2, 0.25) is 0 Å². The number of halogens is 2. The minimum Gasteiger partial charge on any atom is -0.480 e. The number of hydrogen-bond donors (Lipinski definition) is 2. The maximum atomic E-state index is 12.8. The molecule has 18 heavy (non-hydrogen) atoms. The lowest BCUT2D eigenvalue weighted by atomic mass is 10.1. The molecule has 0 spiro atoms. The Morgan fingerprint density at radius 1 is 1.44 bits per heavy atom. The molecule has 96 valence electrons. The molecule has 1 saturated carbocycles. The average molecular weight is 272 g/mol. The van der Waals surface area contributed by atoms with Gasteiger partial charge in [0.05, 0.1) is 10.6 Å². The molecule has 1 aliphatic carbocycles. The van der Waals surface area contributed by atoms with Crippen LogP contribution in [0.2, 0.25) is 5.02 Å². The Kier molecular flexibility index (Phi) is 3.52. The van der Waals surface area contributed by atoms with Crippen LogP contribution in [0.3, 0.4) is 0 Å². The van der Waals surface area contributed by atoms with E-state index in [1.807, 2.05) is 0 Å². The number of nitrogens with one attached hydrogen (secondary N) is 1. The molecule has 1 aliphatic rings. The number of amides is 1. The van der Waals surface area contributed by atoms with Crippen LogP contribution in [0.25, 0.3) is 0 Å². The summed E-state index contributed by atoms with van der Waals surface area (Å²) in [4.78, 5) is 22.8. The van der Waals surface area contributed by atoms with Gasteiger partial charge in [-0.1, -0.05) is 11.6 Å². The van der Waals surface area contributed by atoms with Gasteiger partial charge in [-0.2, -0.15) is 0 Å². The lowest BCUT2D eigenvalue weighted by Gasteiger charge is -2.14. The van der Waals surface area contributed by atoms with E-state index in [1.54, 1.807) is 0 Å². The summed E-state index contributed by atoms with van der Waals surface area (Å²) in [7, 11) is 0. The highest BCUT2D eigenvalue weighted by molar-refractivity contribution is 6.33. The average Bonchev–Trinajstić information content (AvgIpc) is 3.08. The zero-order valence-electron chi connectivity index (χ0n) is 9.32. The van der Waals surface area contributed by atoms with Gasteiger partial charge in [-0.15, -0.1) is 0 Å². The molecule has 0 aliphatic heterocycles. The van der Waals surface area contributed by atoms with Crippen molar-refractivity contribution < 1.29 is 19.1 Å². The summed E-state index contributed by atoms with van der Waals surface area (Å²) in [5.74, 6) is -2.23. The first-order valence-corrected chi connectivity index (χ1v) is 5.85. The van der Waals surface area contributed by atoms with E-state index in [0.717, 1.165) is 25.0 Å². The third-order valence-corrected chi connectivity index (χ3v) is 3.13. The second-order valence-electron chi connectivity index (χ2n) is 4.25. The van der Waals surface area contributed by atoms with E-state index >= 15 is 0 Å². The van der Waals surface area contributed by atoms with E-state index in [9.17, 15) is 14.0 Å². The third kappa shape index (κ3) is 2.79. The van der Waals surface area contributed by atoms with Gasteiger partial charge in [-0.25, -0.2) is 9.18 Å². The Balaban J connectivity index is 2.13. The van der Waals surface area contributed by atoms with Gasteiger partial charge in [0.15, 0.2) is 0 Å². The molecule has 0 aromatic heterocycles. The molecule has 1 amide bonds. The predicted molar refractivity (Wildman–Crippen MR) is 63.0 cm³/mol. The number of rotatable bonds is 4. The normalized spacial score (nSPS) is 16.1. The van der Waals surface area contributed by atoms with Crippen molar-refractivity contribution in [2.45, 2.75) is 18.9 Å². The van der Waals surface area contributed by atoms with Crippen LogP contribution in [0, 0.1) is 11.7 Å². The lowest BCUT2D eigenvalue weighted by Crippen LogP contribution is -2.42. The van der Waals surface area contributed by atoms with Crippen molar-refractivity contribution in [3.05, 3.63) is 34.6 Å². The number of carbonyl (C=O) groups excluding carboxylic acids is 1. The van der Waals surface area contributed by atoms with E-state index in [-0.39, 0.29) is 16.5 Å². The molecule has 4 nitrogen and oxygen atoms in total. The van der Waals surface area contributed by atoms with Crippen LogP contribution in [0.4, 0.5) is 4.39 Å². The van der Waals surface area contributed by atoms with Gasteiger partial charge in [0.25, 0.3) is 5.91 Å². The van der Waals surface area contributed by atoms with Crippen molar-refractivity contribution in [3.8, 4) is 0 Å². The molecule has 0 radical (unpaired) electrons. The Morgan fingerprint density at radius 2 is 2.11 bits per heavy atom. The SMILES string of the molecule is O=C(NC(C(=O)O)C1CC1)c1ccc(F)cc1Cl. The van der Waals surface area contributed by atoms with E-state index in [1.165, 1.54) is 6.07 Å². The Labute approximate surface area is 108 Å².